The Balaban J connectivity index is 1.56. The Morgan fingerprint density at radius 2 is 1.66 bits per heavy atom. The van der Waals surface area contributed by atoms with E-state index in [9.17, 15) is 15.0 Å². The third-order valence-electron chi connectivity index (χ3n) is 13.6. The summed E-state index contributed by atoms with van der Waals surface area (Å²) in [6.45, 7) is 14.6. The molecule has 0 aromatic rings. The average molecular weight is 487 g/mol. The van der Waals surface area contributed by atoms with Gasteiger partial charge in [0.25, 0.3) is 0 Å². The first kappa shape index (κ1) is 25.8. The van der Waals surface area contributed by atoms with E-state index in [0.717, 1.165) is 32.1 Å². The van der Waals surface area contributed by atoms with Gasteiger partial charge in [0, 0.05) is 0 Å². The first-order valence-electron chi connectivity index (χ1n) is 14.3. The van der Waals surface area contributed by atoms with Gasteiger partial charge in [0.2, 0.25) is 0 Å². The highest BCUT2D eigenvalue weighted by Crippen LogP contribution is 2.75. The number of carbonyl (C=O) groups excluding carboxylic acids is 1. The lowest BCUT2D eigenvalue weighted by atomic mass is 9.33. The molecule has 4 fully saturated rings. The predicted molar refractivity (Wildman–Crippen MR) is 138 cm³/mol. The molecule has 35 heavy (non-hydrogen) atoms. The second-order valence-corrected chi connectivity index (χ2v) is 15.0. The van der Waals surface area contributed by atoms with Crippen molar-refractivity contribution >= 4 is 5.97 Å². The lowest BCUT2D eigenvalue weighted by molar-refractivity contribution is -0.204. The average Bonchev–Trinajstić information content (AvgIpc) is 2.82. The van der Waals surface area contributed by atoms with Crippen LogP contribution in [0.5, 0.6) is 0 Å². The molecule has 4 saturated carbocycles. The van der Waals surface area contributed by atoms with Crippen LogP contribution in [0.15, 0.2) is 11.6 Å². The lowest BCUT2D eigenvalue weighted by Crippen LogP contribution is -2.64. The third kappa shape index (κ3) is 3.14. The zero-order valence-electron chi connectivity index (χ0n) is 23.4. The molecule has 9 unspecified atom stereocenters. The van der Waals surface area contributed by atoms with Gasteiger partial charge >= 0.3 is 5.97 Å². The van der Waals surface area contributed by atoms with E-state index in [-0.39, 0.29) is 45.8 Å². The minimum Gasteiger partial charge on any atom is -0.469 e. The van der Waals surface area contributed by atoms with Crippen LogP contribution in [-0.2, 0) is 9.53 Å². The molecule has 0 heterocycles. The molecule has 5 rings (SSSR count). The molecule has 5 aliphatic rings. The predicted octanol–water partition coefficient (Wildman–Crippen LogP) is 6.29. The number of esters is 1. The van der Waals surface area contributed by atoms with Crippen LogP contribution in [0.3, 0.4) is 0 Å². The van der Waals surface area contributed by atoms with Crippen molar-refractivity contribution in [3.05, 3.63) is 11.6 Å². The monoisotopic (exact) mass is 486 g/mol. The summed E-state index contributed by atoms with van der Waals surface area (Å²) < 4.78 is 5.23. The van der Waals surface area contributed by atoms with E-state index < -0.39 is 5.41 Å². The molecule has 4 nitrogen and oxygen atoms in total. The Kier molecular flexibility index (Phi) is 5.76. The van der Waals surface area contributed by atoms with Crippen LogP contribution in [0, 0.1) is 50.2 Å². The van der Waals surface area contributed by atoms with E-state index in [1.807, 2.05) is 0 Å². The summed E-state index contributed by atoms with van der Waals surface area (Å²) >= 11 is 0. The van der Waals surface area contributed by atoms with Gasteiger partial charge in [0.05, 0.1) is 25.2 Å². The van der Waals surface area contributed by atoms with Crippen molar-refractivity contribution in [1.82, 2.24) is 0 Å². The van der Waals surface area contributed by atoms with Crippen LogP contribution < -0.4 is 0 Å². The van der Waals surface area contributed by atoms with Gasteiger partial charge in [-0.3, -0.25) is 4.79 Å². The molecule has 5 aliphatic carbocycles. The first-order valence-corrected chi connectivity index (χ1v) is 14.3. The quantitative estimate of drug-likeness (QED) is 0.355. The maximum atomic E-state index is 12.9. The fourth-order valence-electron chi connectivity index (χ4n) is 10.9. The Labute approximate surface area is 213 Å². The molecule has 2 N–H and O–H groups in total. The zero-order chi connectivity index (χ0) is 25.7. The number of aliphatic hydroxyl groups excluding tert-OH is 2. The normalized spacial score (nSPS) is 52.8. The number of carbonyl (C=O) groups is 1. The molecule has 198 valence electrons. The fourth-order valence-corrected chi connectivity index (χ4v) is 10.9. The summed E-state index contributed by atoms with van der Waals surface area (Å²) in [6.07, 6.45) is 12.8. The van der Waals surface area contributed by atoms with Crippen LogP contribution >= 0.6 is 0 Å². The molecular weight excluding hydrogens is 436 g/mol. The van der Waals surface area contributed by atoms with Gasteiger partial charge in [-0.2, -0.15) is 0 Å². The first-order chi connectivity index (χ1) is 16.2. The molecule has 0 aromatic heterocycles. The number of allylic oxidation sites excluding steroid dienone is 2. The van der Waals surface area contributed by atoms with Crippen molar-refractivity contribution < 1.29 is 19.7 Å². The van der Waals surface area contributed by atoms with Gasteiger partial charge in [-0.1, -0.05) is 53.2 Å². The highest BCUT2D eigenvalue weighted by atomic mass is 16.5. The van der Waals surface area contributed by atoms with Gasteiger partial charge in [-0.05, 0) is 109 Å². The molecule has 4 heteroatoms. The van der Waals surface area contributed by atoms with Crippen molar-refractivity contribution in [3.63, 3.8) is 0 Å². The van der Waals surface area contributed by atoms with E-state index >= 15 is 0 Å². The van der Waals surface area contributed by atoms with Crippen LogP contribution in [0.2, 0.25) is 0 Å². The summed E-state index contributed by atoms with van der Waals surface area (Å²) in [4.78, 5) is 12.9. The zero-order valence-corrected chi connectivity index (χ0v) is 23.4. The number of methoxy groups -OCH3 is 1. The smallest absolute Gasteiger partial charge is 0.314 e. The van der Waals surface area contributed by atoms with Crippen LogP contribution in [-0.4, -0.2) is 36.0 Å². The maximum Gasteiger partial charge on any atom is 0.314 e. The summed E-state index contributed by atoms with van der Waals surface area (Å²) in [5.41, 5.74) is 1.56. The Bertz CT molecular complexity index is 923. The van der Waals surface area contributed by atoms with Gasteiger partial charge < -0.3 is 14.9 Å². The Morgan fingerprint density at radius 3 is 2.31 bits per heavy atom. The largest absolute Gasteiger partial charge is 0.469 e. The van der Waals surface area contributed by atoms with E-state index in [1.165, 1.54) is 32.8 Å². The number of ether oxygens (including phenoxy) is 1. The molecule has 9 atom stereocenters. The Hall–Kier alpha value is -0.870. The van der Waals surface area contributed by atoms with Crippen molar-refractivity contribution in [2.45, 2.75) is 112 Å². The lowest BCUT2D eigenvalue weighted by Gasteiger charge is -2.71. The van der Waals surface area contributed by atoms with Gasteiger partial charge in [-0.15, -0.1) is 0 Å². The SMILES string of the molecule is COC(=O)C1(CO)CCC2(C)CCC3(C)C(=CCC4C5(C)CCC(O)C(C)(C)C5CCC43C)C2C1. The molecule has 0 aliphatic heterocycles. The van der Waals surface area contributed by atoms with Crippen LogP contribution in [0.25, 0.3) is 0 Å². The number of aliphatic hydroxyl groups is 2. The molecular formula is C31H50O4. The van der Waals surface area contributed by atoms with Gasteiger partial charge in [-0.25, -0.2) is 0 Å². The minimum atomic E-state index is -0.761. The highest BCUT2D eigenvalue weighted by Gasteiger charge is 2.68. The van der Waals surface area contributed by atoms with Crippen LogP contribution in [0.4, 0.5) is 0 Å². The van der Waals surface area contributed by atoms with Gasteiger partial charge in [0.1, 0.15) is 0 Å². The Morgan fingerprint density at radius 1 is 0.971 bits per heavy atom. The molecule has 0 radical (unpaired) electrons. The van der Waals surface area contributed by atoms with Crippen molar-refractivity contribution in [2.24, 2.45) is 50.2 Å². The second-order valence-electron chi connectivity index (χ2n) is 15.0. The minimum absolute atomic E-state index is 0.0328. The van der Waals surface area contributed by atoms with E-state index in [2.05, 4.69) is 47.6 Å². The number of rotatable bonds is 2. The summed E-state index contributed by atoms with van der Waals surface area (Å²) in [5.74, 6) is 1.27. The van der Waals surface area contributed by atoms with Gasteiger partial charge in [0.15, 0.2) is 0 Å². The third-order valence-corrected chi connectivity index (χ3v) is 13.6. The topological polar surface area (TPSA) is 66.8 Å². The summed E-state index contributed by atoms with van der Waals surface area (Å²) in [5, 5.41) is 21.3. The van der Waals surface area contributed by atoms with E-state index in [4.69, 9.17) is 4.74 Å². The highest BCUT2D eigenvalue weighted by molar-refractivity contribution is 5.77. The van der Waals surface area contributed by atoms with Crippen molar-refractivity contribution in [3.8, 4) is 0 Å². The van der Waals surface area contributed by atoms with Crippen molar-refractivity contribution in [1.29, 1.82) is 0 Å². The number of hydrogen-bond acceptors (Lipinski definition) is 4. The van der Waals surface area contributed by atoms with E-state index in [0.29, 0.717) is 24.2 Å². The fraction of sp³-hybridized carbons (Fsp3) is 0.903. The summed E-state index contributed by atoms with van der Waals surface area (Å²) in [6, 6.07) is 0. The molecule has 0 aromatic carbocycles. The summed E-state index contributed by atoms with van der Waals surface area (Å²) in [7, 11) is 1.46. The molecule has 0 amide bonds. The number of fused-ring (bicyclic) bond motifs is 7. The number of hydrogen-bond donors (Lipinski definition) is 2. The van der Waals surface area contributed by atoms with Crippen molar-refractivity contribution in [2.75, 3.05) is 13.7 Å². The van der Waals surface area contributed by atoms with E-state index in [1.54, 1.807) is 5.57 Å². The molecule has 0 saturated heterocycles. The second kappa shape index (κ2) is 7.82. The van der Waals surface area contributed by atoms with Crippen LogP contribution in [0.1, 0.15) is 106 Å². The molecule has 0 bridgehead atoms. The molecule has 0 spiro atoms. The standard InChI is InChI=1S/C31H50O4/c1-26(2)22-10-13-30(6)23(28(22,4)12-11-24(26)33)9-8-20-21-18-31(19-32,25(34)35-7)17-15-27(21,3)14-16-29(20,30)5/h8,21-24,32-33H,9-19H2,1-7H3. The maximum absolute atomic E-state index is 12.9.